The highest BCUT2D eigenvalue weighted by Gasteiger charge is 2.06. The lowest BCUT2D eigenvalue weighted by Gasteiger charge is -2.01. The molecule has 68 valence electrons. The molecule has 0 amide bonds. The molecule has 0 aliphatic carbocycles. The number of nitrogens with zero attached hydrogens (tertiary/aromatic N) is 1. The summed E-state index contributed by atoms with van der Waals surface area (Å²) in [4.78, 5) is 15.0. The van der Waals surface area contributed by atoms with Gasteiger partial charge in [-0.2, -0.15) is 0 Å². The molecule has 3 nitrogen and oxygen atoms in total. The van der Waals surface area contributed by atoms with Crippen LogP contribution in [0.15, 0.2) is 30.8 Å². The van der Waals surface area contributed by atoms with Crippen molar-refractivity contribution in [1.82, 2.24) is 4.98 Å². The Morgan fingerprint density at radius 3 is 2.54 bits per heavy atom. The van der Waals surface area contributed by atoms with E-state index in [-0.39, 0.29) is 5.78 Å². The summed E-state index contributed by atoms with van der Waals surface area (Å²) in [6.45, 7) is 1.51. The number of pyridine rings is 1. The predicted octanol–water partition coefficient (Wildman–Crippen LogP) is 1.66. The average molecular weight is 177 g/mol. The first kappa shape index (κ1) is 9.45. The molecular formula is C10H11NO2. The Balaban J connectivity index is 3.03. The fourth-order valence-electron chi connectivity index (χ4n) is 1.00. The Labute approximate surface area is 77.1 Å². The molecule has 1 heterocycles. The van der Waals surface area contributed by atoms with Crippen molar-refractivity contribution in [2.45, 2.75) is 6.92 Å². The number of hydrogen-bond donors (Lipinski definition) is 0. The summed E-state index contributed by atoms with van der Waals surface area (Å²) >= 11 is 0. The van der Waals surface area contributed by atoms with Gasteiger partial charge in [0.15, 0.2) is 5.78 Å². The lowest BCUT2D eigenvalue weighted by atomic mass is 10.1. The van der Waals surface area contributed by atoms with Crippen molar-refractivity contribution in [3.8, 4) is 0 Å². The largest absolute Gasteiger partial charge is 0.504 e. The molecule has 0 radical (unpaired) electrons. The third-order valence-corrected chi connectivity index (χ3v) is 1.61. The Kier molecular flexibility index (Phi) is 3.20. The van der Waals surface area contributed by atoms with E-state index in [0.717, 1.165) is 5.56 Å². The van der Waals surface area contributed by atoms with Crippen molar-refractivity contribution in [3.05, 3.63) is 36.4 Å². The van der Waals surface area contributed by atoms with Gasteiger partial charge >= 0.3 is 0 Å². The minimum Gasteiger partial charge on any atom is -0.504 e. The van der Waals surface area contributed by atoms with Crippen LogP contribution in [-0.4, -0.2) is 17.9 Å². The SMILES string of the molecule is CO/C=C(/C(C)=O)c1ccncc1. The number of allylic oxidation sites excluding steroid dienone is 1. The summed E-state index contributed by atoms with van der Waals surface area (Å²) in [5, 5.41) is 0. The first-order valence-electron chi connectivity index (χ1n) is 3.90. The number of carbonyl (C=O) groups excluding carboxylic acids is 1. The molecule has 1 aromatic rings. The molecule has 0 spiro atoms. The standard InChI is InChI=1S/C10H11NO2/c1-8(12)10(7-13-2)9-3-5-11-6-4-9/h3-7H,1-2H3/b10-7-. The fraction of sp³-hybridized carbons (Fsp3) is 0.200. The highest BCUT2D eigenvalue weighted by molar-refractivity contribution is 6.19. The highest BCUT2D eigenvalue weighted by atomic mass is 16.5. The molecule has 0 aromatic carbocycles. The molecule has 1 rings (SSSR count). The van der Waals surface area contributed by atoms with Crippen molar-refractivity contribution >= 4 is 11.4 Å². The van der Waals surface area contributed by atoms with Gasteiger partial charge in [-0.3, -0.25) is 9.78 Å². The Morgan fingerprint density at radius 2 is 2.08 bits per heavy atom. The molecule has 1 aromatic heterocycles. The zero-order chi connectivity index (χ0) is 9.68. The van der Waals surface area contributed by atoms with Gasteiger partial charge in [-0.1, -0.05) is 0 Å². The first-order valence-corrected chi connectivity index (χ1v) is 3.90. The van der Waals surface area contributed by atoms with Crippen molar-refractivity contribution in [2.24, 2.45) is 0 Å². The maximum Gasteiger partial charge on any atom is 0.163 e. The zero-order valence-corrected chi connectivity index (χ0v) is 7.65. The summed E-state index contributed by atoms with van der Waals surface area (Å²) in [6, 6.07) is 3.54. The van der Waals surface area contributed by atoms with E-state index < -0.39 is 0 Å². The minimum absolute atomic E-state index is 0.0203. The van der Waals surface area contributed by atoms with Crippen LogP contribution in [0.3, 0.4) is 0 Å². The second kappa shape index (κ2) is 4.40. The molecule has 0 N–H and O–H groups in total. The molecule has 0 aliphatic heterocycles. The van der Waals surface area contributed by atoms with Crippen LogP contribution in [0, 0.1) is 0 Å². The highest BCUT2D eigenvalue weighted by Crippen LogP contribution is 2.13. The molecule has 0 aliphatic rings. The first-order chi connectivity index (χ1) is 6.25. The van der Waals surface area contributed by atoms with Gasteiger partial charge in [0, 0.05) is 12.4 Å². The number of ether oxygens (including phenoxy) is 1. The number of methoxy groups -OCH3 is 1. The summed E-state index contributed by atoms with van der Waals surface area (Å²) in [7, 11) is 1.52. The molecule has 3 heteroatoms. The predicted molar refractivity (Wildman–Crippen MR) is 49.9 cm³/mol. The van der Waals surface area contributed by atoms with E-state index in [0.29, 0.717) is 5.57 Å². The van der Waals surface area contributed by atoms with Crippen molar-refractivity contribution in [3.63, 3.8) is 0 Å². The van der Waals surface area contributed by atoms with E-state index >= 15 is 0 Å². The van der Waals surface area contributed by atoms with Crippen LogP contribution in [0.5, 0.6) is 0 Å². The molecule has 13 heavy (non-hydrogen) atoms. The second-order valence-corrected chi connectivity index (χ2v) is 2.56. The quantitative estimate of drug-likeness (QED) is 0.520. The van der Waals surface area contributed by atoms with Gasteiger partial charge in [0.1, 0.15) is 0 Å². The topological polar surface area (TPSA) is 39.2 Å². The van der Waals surface area contributed by atoms with Crippen LogP contribution in [0.2, 0.25) is 0 Å². The van der Waals surface area contributed by atoms with Crippen LogP contribution in [0.25, 0.3) is 5.57 Å². The molecule has 0 fully saturated rings. The third kappa shape index (κ3) is 2.40. The lowest BCUT2D eigenvalue weighted by Crippen LogP contribution is -1.96. The summed E-state index contributed by atoms with van der Waals surface area (Å²) in [5.41, 5.74) is 1.38. The smallest absolute Gasteiger partial charge is 0.163 e. The van der Waals surface area contributed by atoms with E-state index in [1.807, 2.05) is 0 Å². The molecule has 0 atom stereocenters. The average Bonchev–Trinajstić information content (AvgIpc) is 2.15. The van der Waals surface area contributed by atoms with Gasteiger partial charge < -0.3 is 4.74 Å². The molecule has 0 bridgehead atoms. The molecular weight excluding hydrogens is 166 g/mol. The van der Waals surface area contributed by atoms with Crippen LogP contribution < -0.4 is 0 Å². The normalized spacial score (nSPS) is 11.1. The van der Waals surface area contributed by atoms with Crippen LogP contribution in [0.4, 0.5) is 0 Å². The Morgan fingerprint density at radius 1 is 1.46 bits per heavy atom. The number of hydrogen-bond acceptors (Lipinski definition) is 3. The van der Waals surface area contributed by atoms with Crippen molar-refractivity contribution < 1.29 is 9.53 Å². The van der Waals surface area contributed by atoms with Gasteiger partial charge in [0.2, 0.25) is 0 Å². The molecule has 0 unspecified atom stereocenters. The number of ketones is 1. The monoisotopic (exact) mass is 177 g/mol. The summed E-state index contributed by atoms with van der Waals surface area (Å²) < 4.78 is 4.82. The van der Waals surface area contributed by atoms with Crippen molar-refractivity contribution in [2.75, 3.05) is 7.11 Å². The van der Waals surface area contributed by atoms with E-state index in [2.05, 4.69) is 4.98 Å². The van der Waals surface area contributed by atoms with Gasteiger partial charge in [-0.25, -0.2) is 0 Å². The van der Waals surface area contributed by atoms with Crippen LogP contribution in [0.1, 0.15) is 12.5 Å². The van der Waals surface area contributed by atoms with E-state index in [1.54, 1.807) is 24.5 Å². The Hall–Kier alpha value is -1.64. The van der Waals surface area contributed by atoms with Crippen LogP contribution in [-0.2, 0) is 9.53 Å². The Bertz CT molecular complexity index is 317. The molecule has 0 saturated carbocycles. The van der Waals surface area contributed by atoms with E-state index in [1.165, 1.54) is 20.3 Å². The minimum atomic E-state index is -0.0203. The maximum atomic E-state index is 11.2. The van der Waals surface area contributed by atoms with Gasteiger partial charge in [0.25, 0.3) is 0 Å². The summed E-state index contributed by atoms with van der Waals surface area (Å²) in [5.74, 6) is -0.0203. The van der Waals surface area contributed by atoms with Gasteiger partial charge in [-0.05, 0) is 24.6 Å². The van der Waals surface area contributed by atoms with Crippen LogP contribution >= 0.6 is 0 Å². The fourth-order valence-corrected chi connectivity index (χ4v) is 1.00. The molecule has 0 saturated heterocycles. The van der Waals surface area contributed by atoms with Gasteiger partial charge in [0.05, 0.1) is 18.9 Å². The van der Waals surface area contributed by atoms with Crippen molar-refractivity contribution in [1.29, 1.82) is 0 Å². The van der Waals surface area contributed by atoms with E-state index in [4.69, 9.17) is 4.74 Å². The number of aromatic nitrogens is 1. The number of Topliss-reactive ketones (excluding diaryl/α,β-unsaturated/α-hetero) is 1. The number of rotatable bonds is 3. The lowest BCUT2D eigenvalue weighted by molar-refractivity contribution is -0.111. The third-order valence-electron chi connectivity index (χ3n) is 1.61. The maximum absolute atomic E-state index is 11.2. The van der Waals surface area contributed by atoms with Gasteiger partial charge in [-0.15, -0.1) is 0 Å². The zero-order valence-electron chi connectivity index (χ0n) is 7.65. The second-order valence-electron chi connectivity index (χ2n) is 2.56. The number of carbonyl (C=O) groups is 1. The summed E-state index contributed by atoms with van der Waals surface area (Å²) in [6.07, 6.45) is 4.72. The van der Waals surface area contributed by atoms with E-state index in [9.17, 15) is 4.79 Å².